The maximum absolute atomic E-state index is 12.1. The lowest BCUT2D eigenvalue weighted by Crippen LogP contribution is -2.51. The molecule has 1 aliphatic carbocycles. The highest BCUT2D eigenvalue weighted by Crippen LogP contribution is 2.59. The molecule has 2 heterocycles. The Morgan fingerprint density at radius 2 is 2.56 bits per heavy atom. The molecule has 1 saturated heterocycles. The van der Waals surface area contributed by atoms with Crippen LogP contribution in [-0.4, -0.2) is 35.1 Å². The van der Waals surface area contributed by atoms with Crippen molar-refractivity contribution in [3.63, 3.8) is 0 Å². The minimum absolute atomic E-state index is 0.154. The molecule has 0 amide bonds. The molecule has 18 heavy (non-hydrogen) atoms. The Morgan fingerprint density at radius 3 is 3.28 bits per heavy atom. The Bertz CT molecular complexity index is 451. The van der Waals surface area contributed by atoms with Crippen LogP contribution >= 0.6 is 0 Å². The fourth-order valence-electron chi connectivity index (χ4n) is 3.19. The summed E-state index contributed by atoms with van der Waals surface area (Å²) in [5, 5.41) is 3.30. The van der Waals surface area contributed by atoms with Gasteiger partial charge in [-0.15, -0.1) is 0 Å². The van der Waals surface area contributed by atoms with Crippen LogP contribution in [0, 0.1) is 5.92 Å². The van der Waals surface area contributed by atoms with Gasteiger partial charge >= 0.3 is 5.97 Å². The van der Waals surface area contributed by atoms with Crippen molar-refractivity contribution in [2.45, 2.75) is 31.2 Å². The molecule has 1 aromatic heterocycles. The van der Waals surface area contributed by atoms with Crippen LogP contribution in [-0.2, 0) is 14.9 Å². The highest BCUT2D eigenvalue weighted by Gasteiger charge is 2.65. The maximum atomic E-state index is 12.1. The molecule has 1 N–H and O–H groups in total. The van der Waals surface area contributed by atoms with Crippen LogP contribution in [0.2, 0.25) is 0 Å². The topological polar surface area (TPSA) is 64.1 Å². The Balaban J connectivity index is 1.91. The van der Waals surface area contributed by atoms with Gasteiger partial charge in [-0.25, -0.2) is 9.97 Å². The normalized spacial score (nSPS) is 33.6. The molecular formula is C13H17N3O2. The summed E-state index contributed by atoms with van der Waals surface area (Å²) in [5.41, 5.74) is 0.806. The third-order valence-corrected chi connectivity index (χ3v) is 4.09. The highest BCUT2D eigenvalue weighted by molar-refractivity contribution is 5.79. The van der Waals surface area contributed by atoms with E-state index in [9.17, 15) is 4.79 Å². The summed E-state index contributed by atoms with van der Waals surface area (Å²) >= 11 is 0. The van der Waals surface area contributed by atoms with Crippen LogP contribution in [0.25, 0.3) is 0 Å². The zero-order chi connectivity index (χ0) is 12.6. The average molecular weight is 247 g/mol. The number of carbonyl (C=O) groups excluding carboxylic acids is 1. The van der Waals surface area contributed by atoms with Crippen molar-refractivity contribution < 1.29 is 9.53 Å². The predicted molar refractivity (Wildman–Crippen MR) is 64.9 cm³/mol. The van der Waals surface area contributed by atoms with Crippen molar-refractivity contribution in [2.75, 3.05) is 13.2 Å². The first kappa shape index (κ1) is 11.6. The van der Waals surface area contributed by atoms with Gasteiger partial charge in [-0.1, -0.05) is 0 Å². The number of fused-ring (bicyclic) bond motifs is 1. The van der Waals surface area contributed by atoms with Crippen LogP contribution in [0.1, 0.15) is 25.5 Å². The number of hydrogen-bond donors (Lipinski definition) is 1. The number of piperidine rings is 1. The van der Waals surface area contributed by atoms with Crippen LogP contribution in [0.15, 0.2) is 18.6 Å². The van der Waals surface area contributed by atoms with Crippen molar-refractivity contribution in [1.29, 1.82) is 0 Å². The first-order valence-corrected chi connectivity index (χ1v) is 6.45. The van der Waals surface area contributed by atoms with E-state index in [2.05, 4.69) is 15.3 Å². The number of ether oxygens (including phenoxy) is 1. The predicted octanol–water partition coefficient (Wildman–Crippen LogP) is 0.659. The molecule has 1 aliphatic heterocycles. The maximum Gasteiger partial charge on any atom is 0.324 e. The van der Waals surface area contributed by atoms with E-state index in [0.717, 1.165) is 25.1 Å². The van der Waals surface area contributed by atoms with E-state index >= 15 is 0 Å². The van der Waals surface area contributed by atoms with Crippen molar-refractivity contribution in [2.24, 2.45) is 5.92 Å². The van der Waals surface area contributed by atoms with Gasteiger partial charge in [0.15, 0.2) is 0 Å². The number of nitrogens with zero attached hydrogens (tertiary/aromatic N) is 2. The number of nitrogens with one attached hydrogen (secondary N) is 1. The first-order valence-electron chi connectivity index (χ1n) is 6.45. The van der Waals surface area contributed by atoms with Gasteiger partial charge in [0, 0.05) is 11.6 Å². The minimum atomic E-state index is -0.258. The third-order valence-electron chi connectivity index (χ3n) is 4.09. The standard InChI is InChI=1S/C13H17N3O2/c1-2-18-12(17)11-13(7-9(13)3-6-15-11)10-4-5-14-8-16-10/h4-5,8-9,11,15H,2-3,6-7H2,1H3. The quantitative estimate of drug-likeness (QED) is 0.795. The number of aromatic nitrogens is 2. The van der Waals surface area contributed by atoms with E-state index in [1.165, 1.54) is 0 Å². The van der Waals surface area contributed by atoms with Crippen molar-refractivity contribution in [3.05, 3.63) is 24.3 Å². The van der Waals surface area contributed by atoms with Crippen molar-refractivity contribution in [1.82, 2.24) is 15.3 Å². The van der Waals surface area contributed by atoms with E-state index in [-0.39, 0.29) is 17.4 Å². The Hall–Kier alpha value is -1.49. The summed E-state index contributed by atoms with van der Waals surface area (Å²) in [5.74, 6) is 0.390. The van der Waals surface area contributed by atoms with E-state index in [4.69, 9.17) is 4.74 Å². The Labute approximate surface area is 106 Å². The molecule has 1 aromatic rings. The summed E-state index contributed by atoms with van der Waals surface area (Å²) in [4.78, 5) is 20.4. The second-order valence-electron chi connectivity index (χ2n) is 4.96. The number of rotatable bonds is 3. The van der Waals surface area contributed by atoms with Crippen LogP contribution < -0.4 is 5.32 Å². The zero-order valence-electron chi connectivity index (χ0n) is 10.4. The van der Waals surface area contributed by atoms with Crippen molar-refractivity contribution in [3.8, 4) is 0 Å². The molecule has 2 aliphatic rings. The zero-order valence-corrected chi connectivity index (χ0v) is 10.4. The largest absolute Gasteiger partial charge is 0.465 e. The summed E-state index contributed by atoms with van der Waals surface area (Å²) in [6.07, 6.45) is 5.40. The van der Waals surface area contributed by atoms with Crippen LogP contribution in [0.3, 0.4) is 0 Å². The second kappa shape index (κ2) is 4.31. The summed E-state index contributed by atoms with van der Waals surface area (Å²) < 4.78 is 5.18. The van der Waals surface area contributed by atoms with E-state index < -0.39 is 0 Å². The number of carbonyl (C=O) groups is 1. The van der Waals surface area contributed by atoms with Gasteiger partial charge in [-0.2, -0.15) is 0 Å². The van der Waals surface area contributed by atoms with Gasteiger partial charge in [-0.05, 0) is 38.3 Å². The molecule has 96 valence electrons. The SMILES string of the molecule is CCOC(=O)C1NCCC2CC21c1ccncn1. The molecule has 2 fully saturated rings. The third kappa shape index (κ3) is 1.61. The van der Waals surface area contributed by atoms with Crippen LogP contribution in [0.5, 0.6) is 0 Å². The van der Waals surface area contributed by atoms with Gasteiger partial charge < -0.3 is 10.1 Å². The van der Waals surface area contributed by atoms with E-state index in [1.807, 2.05) is 13.0 Å². The van der Waals surface area contributed by atoms with Crippen LogP contribution in [0.4, 0.5) is 0 Å². The van der Waals surface area contributed by atoms with Gasteiger partial charge in [-0.3, -0.25) is 4.79 Å². The summed E-state index contributed by atoms with van der Waals surface area (Å²) in [7, 11) is 0. The van der Waals surface area contributed by atoms with Gasteiger partial charge in [0.1, 0.15) is 12.4 Å². The molecule has 3 atom stereocenters. The number of hydrogen-bond acceptors (Lipinski definition) is 5. The fourth-order valence-corrected chi connectivity index (χ4v) is 3.19. The molecule has 3 unspecified atom stereocenters. The van der Waals surface area contributed by atoms with Crippen molar-refractivity contribution >= 4 is 5.97 Å². The molecule has 5 heteroatoms. The molecule has 3 rings (SSSR count). The average Bonchev–Trinajstić information content (AvgIpc) is 3.15. The second-order valence-corrected chi connectivity index (χ2v) is 4.96. The summed E-state index contributed by atoms with van der Waals surface area (Å²) in [6, 6.07) is 1.66. The molecular weight excluding hydrogens is 230 g/mol. The van der Waals surface area contributed by atoms with Gasteiger partial charge in [0.05, 0.1) is 12.3 Å². The number of esters is 1. The molecule has 1 saturated carbocycles. The van der Waals surface area contributed by atoms with Gasteiger partial charge in [0.25, 0.3) is 0 Å². The molecule has 0 bridgehead atoms. The molecule has 5 nitrogen and oxygen atoms in total. The smallest absolute Gasteiger partial charge is 0.324 e. The Morgan fingerprint density at radius 1 is 1.67 bits per heavy atom. The highest BCUT2D eigenvalue weighted by atomic mass is 16.5. The molecule has 0 aromatic carbocycles. The van der Waals surface area contributed by atoms with E-state index in [0.29, 0.717) is 12.5 Å². The minimum Gasteiger partial charge on any atom is -0.465 e. The summed E-state index contributed by atoms with van der Waals surface area (Å²) in [6.45, 7) is 3.13. The fraction of sp³-hybridized carbons (Fsp3) is 0.615. The lowest BCUT2D eigenvalue weighted by atomic mass is 9.86. The monoisotopic (exact) mass is 247 g/mol. The molecule has 0 spiro atoms. The first-order chi connectivity index (χ1) is 8.79. The van der Waals surface area contributed by atoms with Gasteiger partial charge in [0.2, 0.25) is 0 Å². The lowest BCUT2D eigenvalue weighted by molar-refractivity contribution is -0.147. The van der Waals surface area contributed by atoms with E-state index in [1.54, 1.807) is 12.5 Å². The molecule has 0 radical (unpaired) electrons. The lowest BCUT2D eigenvalue weighted by Gasteiger charge is -2.30. The Kier molecular flexibility index (Phi) is 2.78.